The van der Waals surface area contributed by atoms with Gasteiger partial charge in [0.25, 0.3) is 0 Å². The average Bonchev–Trinajstić information content (AvgIpc) is 1.94. The SMILES string of the molecule is Cc1cc[c-]cc1.[CH2-]O.[Y+3]. The predicted octanol–water partition coefficient (Wildman–Crippen LogP) is 1.94. The van der Waals surface area contributed by atoms with Crippen molar-refractivity contribution >= 4 is 0 Å². The fraction of sp³-hybridized carbons (Fsp3) is 0.125. The van der Waals surface area contributed by atoms with Gasteiger partial charge in [0.1, 0.15) is 0 Å². The van der Waals surface area contributed by atoms with Crippen LogP contribution in [0, 0.1) is 20.1 Å². The summed E-state index contributed by atoms with van der Waals surface area (Å²) in [4.78, 5) is 0. The molecule has 0 fully saturated rings. The molecule has 0 saturated carbocycles. The van der Waals surface area contributed by atoms with Gasteiger partial charge in [0.15, 0.2) is 0 Å². The fourth-order valence-corrected chi connectivity index (χ4v) is 0.470. The standard InChI is InChI=1S/C7H7.CH3O.Y/c1-7-5-3-2-4-6-7;1-2;/h3-6H,1H3;2H,1H2;/q2*-1;+3. The summed E-state index contributed by atoms with van der Waals surface area (Å²) in [6.07, 6.45) is 0. The van der Waals surface area contributed by atoms with E-state index in [-0.39, 0.29) is 32.7 Å². The molecule has 1 rings (SSSR count). The largest absolute Gasteiger partial charge is 3.00 e. The van der Waals surface area contributed by atoms with Crippen molar-refractivity contribution in [3.05, 3.63) is 43.0 Å². The van der Waals surface area contributed by atoms with Crippen molar-refractivity contribution in [2.24, 2.45) is 0 Å². The molecule has 0 aliphatic carbocycles. The molecule has 0 bridgehead atoms. The first kappa shape index (κ1) is 12.9. The van der Waals surface area contributed by atoms with Crippen molar-refractivity contribution in [3.63, 3.8) is 0 Å². The third-order valence-corrected chi connectivity index (χ3v) is 0.885. The van der Waals surface area contributed by atoms with Crippen LogP contribution >= 0.6 is 0 Å². The minimum absolute atomic E-state index is 0. The number of hydrogen-bond donors (Lipinski definition) is 1. The minimum atomic E-state index is 0. The van der Waals surface area contributed by atoms with Crippen LogP contribution in [0.1, 0.15) is 5.56 Å². The zero-order chi connectivity index (χ0) is 7.11. The Labute approximate surface area is 87.3 Å². The van der Waals surface area contributed by atoms with E-state index >= 15 is 0 Å². The average molecular weight is 211 g/mol. The van der Waals surface area contributed by atoms with Gasteiger partial charge in [0.2, 0.25) is 0 Å². The molecule has 1 nitrogen and oxygen atoms in total. The predicted molar refractivity (Wildman–Crippen MR) is 37.3 cm³/mol. The van der Waals surface area contributed by atoms with Gasteiger partial charge in [-0.3, -0.25) is 0 Å². The van der Waals surface area contributed by atoms with Gasteiger partial charge >= 0.3 is 32.7 Å². The van der Waals surface area contributed by atoms with Gasteiger partial charge in [-0.25, -0.2) is 7.11 Å². The van der Waals surface area contributed by atoms with Crippen LogP contribution in [0.25, 0.3) is 0 Å². The number of aliphatic hydroxyl groups excluding tert-OH is 1. The van der Waals surface area contributed by atoms with E-state index in [0.29, 0.717) is 0 Å². The normalized spacial score (nSPS) is 6.70. The third-order valence-electron chi connectivity index (χ3n) is 0.885. The summed E-state index contributed by atoms with van der Waals surface area (Å²) in [5, 5.41) is 6.75. The van der Waals surface area contributed by atoms with E-state index < -0.39 is 0 Å². The maximum Gasteiger partial charge on any atom is 3.00 e. The van der Waals surface area contributed by atoms with E-state index in [9.17, 15) is 0 Å². The molecule has 0 saturated heterocycles. The van der Waals surface area contributed by atoms with Gasteiger partial charge in [-0.15, -0.1) is 0 Å². The summed E-state index contributed by atoms with van der Waals surface area (Å²) in [6, 6.07) is 10.8. The van der Waals surface area contributed by atoms with Crippen LogP contribution < -0.4 is 0 Å². The Kier molecular flexibility index (Phi) is 12.0. The Morgan fingerprint density at radius 2 is 1.70 bits per heavy atom. The molecule has 0 spiro atoms. The molecule has 0 heterocycles. The molecule has 0 unspecified atom stereocenters. The Bertz CT molecular complexity index is 139. The number of benzene rings is 1. The summed E-state index contributed by atoms with van der Waals surface area (Å²) in [7, 11) is 2.25. The summed E-state index contributed by atoms with van der Waals surface area (Å²) < 4.78 is 0. The molecular formula is C8H10OY+. The van der Waals surface area contributed by atoms with E-state index in [1.54, 1.807) is 0 Å². The minimum Gasteiger partial charge on any atom is -0.569 e. The fourth-order valence-electron chi connectivity index (χ4n) is 0.470. The Hall–Kier alpha value is 0.284. The maximum atomic E-state index is 6.75. The van der Waals surface area contributed by atoms with E-state index in [4.69, 9.17) is 5.11 Å². The van der Waals surface area contributed by atoms with Gasteiger partial charge in [0, 0.05) is 0 Å². The van der Waals surface area contributed by atoms with Gasteiger partial charge in [0.05, 0.1) is 0 Å². The zero-order valence-corrected chi connectivity index (χ0v) is 8.88. The molecule has 1 aromatic rings. The monoisotopic (exact) mass is 211 g/mol. The molecule has 1 N–H and O–H groups in total. The molecular weight excluding hydrogens is 201 g/mol. The zero-order valence-electron chi connectivity index (χ0n) is 6.04. The second-order valence-corrected chi connectivity index (χ2v) is 1.58. The van der Waals surface area contributed by atoms with E-state index in [2.05, 4.69) is 20.1 Å². The Balaban J connectivity index is 0. The number of hydrogen-bond acceptors (Lipinski definition) is 1. The first-order valence-corrected chi connectivity index (χ1v) is 2.64. The van der Waals surface area contributed by atoms with Crippen molar-refractivity contribution in [1.82, 2.24) is 0 Å². The van der Waals surface area contributed by atoms with E-state index in [1.165, 1.54) is 5.56 Å². The van der Waals surface area contributed by atoms with Gasteiger partial charge in [-0.2, -0.15) is 35.9 Å². The van der Waals surface area contributed by atoms with E-state index in [1.807, 2.05) is 24.3 Å². The second-order valence-electron chi connectivity index (χ2n) is 1.58. The quantitative estimate of drug-likeness (QED) is 0.650. The molecule has 0 amide bonds. The molecule has 0 aromatic heterocycles. The van der Waals surface area contributed by atoms with Crippen LogP contribution in [0.2, 0.25) is 0 Å². The summed E-state index contributed by atoms with van der Waals surface area (Å²) in [5.41, 5.74) is 1.29. The molecule has 0 atom stereocenters. The maximum absolute atomic E-state index is 6.75. The van der Waals surface area contributed by atoms with Crippen LogP contribution in [0.5, 0.6) is 0 Å². The smallest absolute Gasteiger partial charge is 0.569 e. The van der Waals surface area contributed by atoms with Crippen LogP contribution in [0.4, 0.5) is 0 Å². The number of aryl methyl sites for hydroxylation is 1. The molecule has 0 radical (unpaired) electrons. The van der Waals surface area contributed by atoms with Crippen LogP contribution in [0.3, 0.4) is 0 Å². The van der Waals surface area contributed by atoms with Crippen molar-refractivity contribution in [3.8, 4) is 0 Å². The second kappa shape index (κ2) is 9.28. The van der Waals surface area contributed by atoms with Crippen molar-refractivity contribution in [1.29, 1.82) is 0 Å². The molecule has 0 aliphatic heterocycles. The van der Waals surface area contributed by atoms with Gasteiger partial charge < -0.3 is 5.11 Å². The Morgan fingerprint density at radius 3 is 1.90 bits per heavy atom. The van der Waals surface area contributed by atoms with Crippen molar-refractivity contribution in [2.75, 3.05) is 0 Å². The van der Waals surface area contributed by atoms with E-state index in [0.717, 1.165) is 0 Å². The third kappa shape index (κ3) is 6.40. The first-order chi connectivity index (χ1) is 4.39. The topological polar surface area (TPSA) is 20.2 Å². The molecule has 1 aromatic carbocycles. The summed E-state index contributed by atoms with van der Waals surface area (Å²) >= 11 is 0. The van der Waals surface area contributed by atoms with Crippen LogP contribution in [-0.4, -0.2) is 5.11 Å². The number of rotatable bonds is 0. The van der Waals surface area contributed by atoms with Gasteiger partial charge in [-0.05, 0) is 0 Å². The Morgan fingerprint density at radius 1 is 1.30 bits per heavy atom. The van der Waals surface area contributed by atoms with Crippen LogP contribution in [0.15, 0.2) is 24.3 Å². The van der Waals surface area contributed by atoms with Gasteiger partial charge in [-0.1, -0.05) is 6.92 Å². The molecule has 2 heteroatoms. The summed E-state index contributed by atoms with van der Waals surface area (Å²) in [5.74, 6) is 0. The van der Waals surface area contributed by atoms with Crippen LogP contribution in [-0.2, 0) is 32.7 Å². The first-order valence-electron chi connectivity index (χ1n) is 2.64. The molecule has 10 heavy (non-hydrogen) atoms. The van der Waals surface area contributed by atoms with Crippen molar-refractivity contribution in [2.45, 2.75) is 6.92 Å². The number of aliphatic hydroxyl groups is 1. The summed E-state index contributed by atoms with van der Waals surface area (Å²) in [6.45, 7) is 2.06. The van der Waals surface area contributed by atoms with Crippen molar-refractivity contribution < 1.29 is 37.8 Å². The molecule has 0 aliphatic rings. The molecule has 50 valence electrons.